The van der Waals surface area contributed by atoms with E-state index in [1.165, 1.54) is 6.33 Å². The molecule has 0 radical (unpaired) electrons. The second-order valence-electron chi connectivity index (χ2n) is 3.16. The first kappa shape index (κ1) is 10.1. The van der Waals surface area contributed by atoms with Crippen LogP contribution in [0.5, 0.6) is 0 Å². The molecule has 78 valence electrons. The van der Waals surface area contributed by atoms with Gasteiger partial charge in [-0.25, -0.2) is 9.67 Å². The molecule has 0 bridgehead atoms. The topological polar surface area (TPSA) is 56.7 Å². The zero-order valence-electron chi connectivity index (χ0n) is 8.10. The molecule has 0 unspecified atom stereocenters. The lowest BCUT2D eigenvalue weighted by molar-refractivity contribution is 0.876. The smallest absolute Gasteiger partial charge is 0.138 e. The van der Waals surface area contributed by atoms with Crippen molar-refractivity contribution in [3.63, 3.8) is 0 Å². The predicted molar refractivity (Wildman–Crippen MR) is 59.1 cm³/mol. The van der Waals surface area contributed by atoms with Crippen LogP contribution in [0.2, 0.25) is 5.02 Å². The van der Waals surface area contributed by atoms with Gasteiger partial charge in [-0.3, -0.25) is 0 Å². The van der Waals surface area contributed by atoms with Crippen molar-refractivity contribution in [2.45, 2.75) is 6.42 Å². The van der Waals surface area contributed by atoms with Crippen LogP contribution in [0.25, 0.3) is 5.69 Å². The molecule has 0 fully saturated rings. The second-order valence-corrected chi connectivity index (χ2v) is 3.57. The Bertz CT molecular complexity index is 439. The van der Waals surface area contributed by atoms with E-state index in [2.05, 4.69) is 10.1 Å². The van der Waals surface area contributed by atoms with Gasteiger partial charge in [0.2, 0.25) is 0 Å². The molecule has 0 aliphatic heterocycles. The Kier molecular flexibility index (Phi) is 2.99. The summed E-state index contributed by atoms with van der Waals surface area (Å²) in [5.74, 6) is 0. The Balaban J connectivity index is 2.35. The van der Waals surface area contributed by atoms with Gasteiger partial charge in [0.1, 0.15) is 12.7 Å². The first-order valence-corrected chi connectivity index (χ1v) is 5.02. The minimum absolute atomic E-state index is 0.624. The standard InChI is InChI=1S/C10H11ClN4/c11-9-5-8(3-4-12)1-2-10(9)15-7-13-6-14-15/h1-2,5-7H,3-4,12H2. The van der Waals surface area contributed by atoms with Crippen LogP contribution >= 0.6 is 11.6 Å². The van der Waals surface area contributed by atoms with Crippen LogP contribution in [-0.2, 0) is 6.42 Å². The molecule has 2 aromatic rings. The molecule has 0 spiro atoms. The zero-order chi connectivity index (χ0) is 10.7. The van der Waals surface area contributed by atoms with Crippen LogP contribution in [0.15, 0.2) is 30.9 Å². The van der Waals surface area contributed by atoms with Crippen molar-refractivity contribution in [1.29, 1.82) is 0 Å². The number of rotatable bonds is 3. The largest absolute Gasteiger partial charge is 0.330 e. The molecule has 0 amide bonds. The molecule has 2 rings (SSSR count). The van der Waals surface area contributed by atoms with Gasteiger partial charge in [0.15, 0.2) is 0 Å². The molecule has 0 aliphatic carbocycles. The quantitative estimate of drug-likeness (QED) is 0.855. The highest BCUT2D eigenvalue weighted by molar-refractivity contribution is 6.32. The highest BCUT2D eigenvalue weighted by Crippen LogP contribution is 2.20. The Morgan fingerprint density at radius 2 is 2.27 bits per heavy atom. The Hall–Kier alpha value is -1.39. The van der Waals surface area contributed by atoms with Gasteiger partial charge >= 0.3 is 0 Å². The molecule has 0 aliphatic rings. The van der Waals surface area contributed by atoms with Crippen LogP contribution in [0.4, 0.5) is 0 Å². The maximum absolute atomic E-state index is 6.13. The molecular formula is C10H11ClN4. The minimum atomic E-state index is 0.624. The van der Waals surface area contributed by atoms with Gasteiger partial charge in [0, 0.05) is 0 Å². The number of hydrogen-bond donors (Lipinski definition) is 1. The summed E-state index contributed by atoms with van der Waals surface area (Å²) < 4.78 is 1.63. The Morgan fingerprint density at radius 3 is 2.87 bits per heavy atom. The van der Waals surface area contributed by atoms with E-state index in [4.69, 9.17) is 17.3 Å². The molecule has 1 heterocycles. The van der Waals surface area contributed by atoms with Crippen molar-refractivity contribution in [2.75, 3.05) is 6.54 Å². The lowest BCUT2D eigenvalue weighted by Gasteiger charge is -2.05. The summed E-state index contributed by atoms with van der Waals surface area (Å²) >= 11 is 6.13. The first-order chi connectivity index (χ1) is 7.31. The van der Waals surface area contributed by atoms with E-state index in [1.807, 2.05) is 18.2 Å². The number of nitrogens with two attached hydrogens (primary N) is 1. The SMILES string of the molecule is NCCc1ccc(-n2cncn2)c(Cl)c1. The number of benzene rings is 1. The fourth-order valence-corrected chi connectivity index (χ4v) is 1.68. The lowest BCUT2D eigenvalue weighted by Crippen LogP contribution is -2.03. The van der Waals surface area contributed by atoms with Gasteiger partial charge in [-0.1, -0.05) is 17.7 Å². The van der Waals surface area contributed by atoms with E-state index in [0.717, 1.165) is 17.7 Å². The average Bonchev–Trinajstić information content (AvgIpc) is 2.71. The molecule has 1 aromatic carbocycles. The summed E-state index contributed by atoms with van der Waals surface area (Å²) in [5.41, 5.74) is 7.43. The Labute approximate surface area is 92.7 Å². The molecule has 15 heavy (non-hydrogen) atoms. The van der Waals surface area contributed by atoms with Crippen LogP contribution in [-0.4, -0.2) is 21.3 Å². The van der Waals surface area contributed by atoms with Crippen molar-refractivity contribution >= 4 is 11.6 Å². The van der Waals surface area contributed by atoms with Gasteiger partial charge < -0.3 is 5.73 Å². The second kappa shape index (κ2) is 4.42. The molecule has 5 heteroatoms. The van der Waals surface area contributed by atoms with E-state index in [1.54, 1.807) is 11.0 Å². The van der Waals surface area contributed by atoms with E-state index in [0.29, 0.717) is 11.6 Å². The van der Waals surface area contributed by atoms with Crippen LogP contribution < -0.4 is 5.73 Å². The maximum Gasteiger partial charge on any atom is 0.138 e. The number of nitrogens with zero attached hydrogens (tertiary/aromatic N) is 3. The fourth-order valence-electron chi connectivity index (χ4n) is 1.39. The van der Waals surface area contributed by atoms with Crippen molar-refractivity contribution in [3.8, 4) is 5.69 Å². The highest BCUT2D eigenvalue weighted by Gasteiger charge is 2.04. The van der Waals surface area contributed by atoms with Gasteiger partial charge in [-0.2, -0.15) is 5.10 Å². The predicted octanol–water partition coefficient (Wildman–Crippen LogP) is 1.42. The summed E-state index contributed by atoms with van der Waals surface area (Å²) in [6.07, 6.45) is 3.92. The van der Waals surface area contributed by atoms with E-state index in [-0.39, 0.29) is 0 Å². The molecule has 0 saturated carbocycles. The van der Waals surface area contributed by atoms with Gasteiger partial charge in [0.05, 0.1) is 10.7 Å². The molecule has 4 nitrogen and oxygen atoms in total. The van der Waals surface area contributed by atoms with Crippen molar-refractivity contribution < 1.29 is 0 Å². The third-order valence-corrected chi connectivity index (χ3v) is 2.41. The van der Waals surface area contributed by atoms with Crippen molar-refractivity contribution in [1.82, 2.24) is 14.8 Å². The molecule has 1 aromatic heterocycles. The third kappa shape index (κ3) is 2.16. The number of halogens is 1. The third-order valence-electron chi connectivity index (χ3n) is 2.11. The minimum Gasteiger partial charge on any atom is -0.330 e. The van der Waals surface area contributed by atoms with Crippen molar-refractivity contribution in [3.05, 3.63) is 41.4 Å². The van der Waals surface area contributed by atoms with Gasteiger partial charge in [-0.05, 0) is 30.7 Å². The Morgan fingerprint density at radius 1 is 1.40 bits per heavy atom. The maximum atomic E-state index is 6.13. The van der Waals surface area contributed by atoms with Crippen LogP contribution in [0, 0.1) is 0 Å². The van der Waals surface area contributed by atoms with E-state index < -0.39 is 0 Å². The zero-order valence-corrected chi connectivity index (χ0v) is 8.85. The summed E-state index contributed by atoms with van der Waals surface area (Å²) in [6, 6.07) is 5.82. The summed E-state index contributed by atoms with van der Waals surface area (Å²) in [4.78, 5) is 3.87. The number of aromatic nitrogens is 3. The molecule has 0 saturated heterocycles. The number of hydrogen-bond acceptors (Lipinski definition) is 3. The lowest BCUT2D eigenvalue weighted by atomic mass is 10.1. The van der Waals surface area contributed by atoms with Gasteiger partial charge in [-0.15, -0.1) is 0 Å². The van der Waals surface area contributed by atoms with Gasteiger partial charge in [0.25, 0.3) is 0 Å². The fraction of sp³-hybridized carbons (Fsp3) is 0.200. The van der Waals surface area contributed by atoms with E-state index >= 15 is 0 Å². The normalized spacial score (nSPS) is 10.5. The van der Waals surface area contributed by atoms with Crippen LogP contribution in [0.3, 0.4) is 0 Å². The monoisotopic (exact) mass is 222 g/mol. The highest BCUT2D eigenvalue weighted by atomic mass is 35.5. The van der Waals surface area contributed by atoms with E-state index in [9.17, 15) is 0 Å². The first-order valence-electron chi connectivity index (χ1n) is 4.65. The average molecular weight is 223 g/mol. The summed E-state index contributed by atoms with van der Waals surface area (Å²) in [5, 5.41) is 4.68. The molecule has 2 N–H and O–H groups in total. The molecular weight excluding hydrogens is 212 g/mol. The van der Waals surface area contributed by atoms with Crippen molar-refractivity contribution in [2.24, 2.45) is 5.73 Å². The summed E-state index contributed by atoms with van der Waals surface area (Å²) in [6.45, 7) is 0.624. The summed E-state index contributed by atoms with van der Waals surface area (Å²) in [7, 11) is 0. The molecule has 0 atom stereocenters. The van der Waals surface area contributed by atoms with Crippen LogP contribution in [0.1, 0.15) is 5.56 Å².